The van der Waals surface area contributed by atoms with Crippen LogP contribution in [0, 0.1) is 6.92 Å². The fraction of sp³-hybridized carbons (Fsp3) is 0.550. The third-order valence-electron chi connectivity index (χ3n) is 5.63. The molecule has 27 heavy (non-hydrogen) atoms. The molecule has 1 fully saturated rings. The number of aromatic nitrogens is 3. The molecule has 1 aliphatic carbocycles. The van der Waals surface area contributed by atoms with E-state index in [9.17, 15) is 0 Å². The number of nitrogens with one attached hydrogen (secondary N) is 1. The van der Waals surface area contributed by atoms with Gasteiger partial charge in [-0.05, 0) is 50.7 Å². The molecule has 4 heterocycles. The predicted molar refractivity (Wildman–Crippen MR) is 110 cm³/mol. The zero-order valence-electron chi connectivity index (χ0n) is 16.0. The van der Waals surface area contributed by atoms with Crippen LogP contribution in [0.1, 0.15) is 36.6 Å². The SMILES string of the molecule is CCOc1nc(N2CCNCC2)nc2c1sc1nc(C)c3c(c12)CCCC3. The number of fused-ring (bicyclic) bond motifs is 5. The summed E-state index contributed by atoms with van der Waals surface area (Å²) >= 11 is 1.68. The Bertz CT molecular complexity index is 1010. The van der Waals surface area contributed by atoms with Crippen LogP contribution in [0.2, 0.25) is 0 Å². The molecule has 0 bridgehead atoms. The third kappa shape index (κ3) is 2.84. The number of hydrogen-bond donors (Lipinski definition) is 1. The van der Waals surface area contributed by atoms with Crippen molar-refractivity contribution in [1.29, 1.82) is 0 Å². The fourth-order valence-corrected chi connectivity index (χ4v) is 5.46. The molecular weight excluding hydrogens is 358 g/mol. The molecule has 1 N–H and O–H groups in total. The van der Waals surface area contributed by atoms with Gasteiger partial charge >= 0.3 is 0 Å². The number of aryl methyl sites for hydroxylation is 2. The standard InChI is InChI=1S/C20H25N5OS/c1-3-26-18-17-16(23-20(24-18)25-10-8-21-9-11-25)15-14-7-5-4-6-13(14)12(2)22-19(15)27-17/h21H,3-11H2,1-2H3. The first-order valence-electron chi connectivity index (χ1n) is 9.97. The molecule has 142 valence electrons. The normalized spacial score (nSPS) is 17.5. The summed E-state index contributed by atoms with van der Waals surface area (Å²) in [5, 5.41) is 4.64. The average Bonchev–Trinajstić information content (AvgIpc) is 3.08. The monoisotopic (exact) mass is 383 g/mol. The van der Waals surface area contributed by atoms with Crippen LogP contribution in [0.3, 0.4) is 0 Å². The minimum absolute atomic E-state index is 0.603. The van der Waals surface area contributed by atoms with Crippen molar-refractivity contribution in [3.63, 3.8) is 0 Å². The Kier molecular flexibility index (Phi) is 4.36. The van der Waals surface area contributed by atoms with E-state index in [1.165, 1.54) is 35.0 Å². The quantitative estimate of drug-likeness (QED) is 0.749. The van der Waals surface area contributed by atoms with Crippen molar-refractivity contribution in [2.45, 2.75) is 39.5 Å². The van der Waals surface area contributed by atoms with E-state index in [2.05, 4.69) is 17.1 Å². The smallest absolute Gasteiger partial charge is 0.236 e. The molecular formula is C20H25N5OS. The number of pyridine rings is 1. The summed E-state index contributed by atoms with van der Waals surface area (Å²) in [6.45, 7) is 8.54. The van der Waals surface area contributed by atoms with Crippen LogP contribution in [0.25, 0.3) is 20.4 Å². The second-order valence-corrected chi connectivity index (χ2v) is 8.32. The van der Waals surface area contributed by atoms with Gasteiger partial charge in [0.25, 0.3) is 0 Å². The van der Waals surface area contributed by atoms with E-state index >= 15 is 0 Å². The van der Waals surface area contributed by atoms with Crippen molar-refractivity contribution in [3.8, 4) is 5.88 Å². The molecule has 0 saturated carbocycles. The van der Waals surface area contributed by atoms with Gasteiger partial charge in [0.1, 0.15) is 15.0 Å². The molecule has 2 aliphatic rings. The summed E-state index contributed by atoms with van der Waals surface area (Å²) in [5.41, 5.74) is 5.11. The summed E-state index contributed by atoms with van der Waals surface area (Å²) in [4.78, 5) is 18.1. The second kappa shape index (κ2) is 6.87. The molecule has 3 aromatic rings. The maximum absolute atomic E-state index is 5.94. The van der Waals surface area contributed by atoms with E-state index in [0.717, 1.165) is 60.0 Å². The summed E-state index contributed by atoms with van der Waals surface area (Å²) in [5.74, 6) is 1.50. The van der Waals surface area contributed by atoms with Crippen molar-refractivity contribution in [3.05, 3.63) is 16.8 Å². The highest BCUT2D eigenvalue weighted by atomic mass is 32.1. The topological polar surface area (TPSA) is 63.2 Å². The van der Waals surface area contributed by atoms with Crippen LogP contribution in [0.5, 0.6) is 5.88 Å². The maximum atomic E-state index is 5.94. The van der Waals surface area contributed by atoms with E-state index in [4.69, 9.17) is 19.7 Å². The molecule has 5 rings (SSSR count). The molecule has 0 amide bonds. The van der Waals surface area contributed by atoms with Gasteiger partial charge in [0, 0.05) is 37.3 Å². The number of rotatable bonds is 3. The highest BCUT2D eigenvalue weighted by Gasteiger charge is 2.24. The summed E-state index contributed by atoms with van der Waals surface area (Å²) < 4.78 is 6.98. The molecule has 0 radical (unpaired) electrons. The first-order valence-corrected chi connectivity index (χ1v) is 10.8. The molecule has 3 aromatic heterocycles. The molecule has 0 atom stereocenters. The largest absolute Gasteiger partial charge is 0.477 e. The Morgan fingerprint density at radius 2 is 1.85 bits per heavy atom. The van der Waals surface area contributed by atoms with Crippen molar-refractivity contribution < 1.29 is 4.74 Å². The molecule has 6 nitrogen and oxygen atoms in total. The van der Waals surface area contributed by atoms with Crippen LogP contribution in [-0.4, -0.2) is 47.7 Å². The number of anilines is 1. The van der Waals surface area contributed by atoms with Crippen molar-refractivity contribution in [2.24, 2.45) is 0 Å². The van der Waals surface area contributed by atoms with Gasteiger partial charge < -0.3 is 15.0 Å². The Morgan fingerprint density at radius 1 is 1.07 bits per heavy atom. The average molecular weight is 384 g/mol. The Balaban J connectivity index is 1.78. The first kappa shape index (κ1) is 17.1. The Morgan fingerprint density at radius 3 is 2.63 bits per heavy atom. The number of hydrogen-bond acceptors (Lipinski definition) is 7. The van der Waals surface area contributed by atoms with Crippen LogP contribution < -0.4 is 15.0 Å². The maximum Gasteiger partial charge on any atom is 0.236 e. The first-order chi connectivity index (χ1) is 13.3. The highest BCUT2D eigenvalue weighted by Crippen LogP contribution is 2.42. The number of ether oxygens (including phenoxy) is 1. The van der Waals surface area contributed by atoms with Gasteiger partial charge in [0.05, 0.1) is 6.61 Å². The molecule has 1 saturated heterocycles. The van der Waals surface area contributed by atoms with Crippen molar-refractivity contribution in [2.75, 3.05) is 37.7 Å². The van der Waals surface area contributed by atoms with Crippen molar-refractivity contribution in [1.82, 2.24) is 20.3 Å². The second-order valence-electron chi connectivity index (χ2n) is 7.32. The van der Waals surface area contributed by atoms with Gasteiger partial charge in [0.15, 0.2) is 0 Å². The van der Waals surface area contributed by atoms with Gasteiger partial charge in [-0.15, -0.1) is 11.3 Å². The zero-order chi connectivity index (χ0) is 18.4. The van der Waals surface area contributed by atoms with Gasteiger partial charge in [-0.25, -0.2) is 9.97 Å². The fourth-order valence-electron chi connectivity index (χ4n) is 4.32. The van der Waals surface area contributed by atoms with Gasteiger partial charge in [-0.3, -0.25) is 0 Å². The number of nitrogens with zero attached hydrogens (tertiary/aromatic N) is 4. The van der Waals surface area contributed by atoms with E-state index in [-0.39, 0.29) is 0 Å². The summed E-state index contributed by atoms with van der Waals surface area (Å²) in [6.07, 6.45) is 4.76. The van der Waals surface area contributed by atoms with Crippen LogP contribution in [0.15, 0.2) is 0 Å². The van der Waals surface area contributed by atoms with Crippen LogP contribution >= 0.6 is 11.3 Å². The lowest BCUT2D eigenvalue weighted by Crippen LogP contribution is -2.44. The molecule has 1 aliphatic heterocycles. The van der Waals surface area contributed by atoms with Crippen molar-refractivity contribution >= 4 is 37.7 Å². The van der Waals surface area contributed by atoms with Crippen LogP contribution in [-0.2, 0) is 12.8 Å². The van der Waals surface area contributed by atoms with E-state index in [1.807, 2.05) is 6.92 Å². The lowest BCUT2D eigenvalue weighted by atomic mass is 9.89. The predicted octanol–water partition coefficient (Wildman–Crippen LogP) is 3.24. The summed E-state index contributed by atoms with van der Waals surface area (Å²) in [7, 11) is 0. The third-order valence-corrected chi connectivity index (χ3v) is 6.69. The van der Waals surface area contributed by atoms with E-state index in [0.29, 0.717) is 12.5 Å². The molecule has 0 aromatic carbocycles. The minimum atomic E-state index is 0.603. The number of thiophene rings is 1. The van der Waals surface area contributed by atoms with Crippen LogP contribution in [0.4, 0.5) is 5.95 Å². The lowest BCUT2D eigenvalue weighted by Gasteiger charge is -2.27. The number of piperazine rings is 1. The van der Waals surface area contributed by atoms with E-state index in [1.54, 1.807) is 11.3 Å². The van der Waals surface area contributed by atoms with Gasteiger partial charge in [-0.2, -0.15) is 4.98 Å². The highest BCUT2D eigenvalue weighted by molar-refractivity contribution is 7.25. The minimum Gasteiger partial charge on any atom is -0.477 e. The zero-order valence-corrected chi connectivity index (χ0v) is 16.8. The Labute approximate surface area is 163 Å². The lowest BCUT2D eigenvalue weighted by molar-refractivity contribution is 0.331. The van der Waals surface area contributed by atoms with Gasteiger partial charge in [0.2, 0.25) is 11.8 Å². The molecule has 0 unspecified atom stereocenters. The van der Waals surface area contributed by atoms with Gasteiger partial charge in [-0.1, -0.05) is 0 Å². The molecule has 7 heteroatoms. The summed E-state index contributed by atoms with van der Waals surface area (Å²) in [6, 6.07) is 0. The Hall–Kier alpha value is -1.99. The molecule has 0 spiro atoms. The van der Waals surface area contributed by atoms with E-state index < -0.39 is 0 Å².